The van der Waals surface area contributed by atoms with Gasteiger partial charge in [0.15, 0.2) is 9.84 Å². The minimum atomic E-state index is -3.04. The van der Waals surface area contributed by atoms with Gasteiger partial charge < -0.3 is 10.6 Å². The Bertz CT molecular complexity index is 866. The minimum absolute atomic E-state index is 0.0229. The number of sulfone groups is 1. The highest BCUT2D eigenvalue weighted by Crippen LogP contribution is 2.26. The summed E-state index contributed by atoms with van der Waals surface area (Å²) in [5.74, 6) is -0.384. The number of amides is 1. The van der Waals surface area contributed by atoms with Gasteiger partial charge in [-0.25, -0.2) is 12.8 Å². The Morgan fingerprint density at radius 2 is 2.04 bits per heavy atom. The Kier molecular flexibility index (Phi) is 5.45. The number of carbonyl (C=O) groups is 1. The Balaban J connectivity index is 1.67. The maximum Gasteiger partial charge on any atom is 0.234 e. The molecule has 1 aromatic carbocycles. The summed E-state index contributed by atoms with van der Waals surface area (Å²) >= 11 is 1.51. The minimum Gasteiger partial charge on any atom is -0.343 e. The lowest BCUT2D eigenvalue weighted by Crippen LogP contribution is -2.48. The summed E-state index contributed by atoms with van der Waals surface area (Å²) in [7, 11) is -3.04. The van der Waals surface area contributed by atoms with Crippen LogP contribution in [0.3, 0.4) is 0 Å². The van der Waals surface area contributed by atoms with Crippen LogP contribution < -0.4 is 10.6 Å². The molecule has 3 rings (SSSR count). The first-order valence-corrected chi connectivity index (χ1v) is 11.0. The molecule has 1 saturated heterocycles. The zero-order chi connectivity index (χ0) is 18.8. The molecule has 0 aliphatic carbocycles. The van der Waals surface area contributed by atoms with Crippen LogP contribution in [-0.2, 0) is 14.6 Å². The van der Waals surface area contributed by atoms with E-state index in [-0.39, 0.29) is 35.8 Å². The van der Waals surface area contributed by atoms with Crippen LogP contribution in [0.2, 0.25) is 0 Å². The second-order valence-electron chi connectivity index (χ2n) is 6.82. The number of thiophene rings is 1. The van der Waals surface area contributed by atoms with Gasteiger partial charge in [0.25, 0.3) is 0 Å². The van der Waals surface area contributed by atoms with Crippen molar-refractivity contribution in [2.75, 3.05) is 18.1 Å². The van der Waals surface area contributed by atoms with E-state index in [0.29, 0.717) is 6.42 Å². The number of carbonyl (C=O) groups excluding carboxylic acids is 1. The van der Waals surface area contributed by atoms with Crippen LogP contribution >= 0.6 is 11.3 Å². The number of nitrogens with one attached hydrogen (secondary N) is 2. The summed E-state index contributed by atoms with van der Waals surface area (Å²) < 4.78 is 36.5. The third-order valence-electron chi connectivity index (χ3n) is 4.52. The smallest absolute Gasteiger partial charge is 0.234 e. The molecule has 1 aromatic heterocycles. The first-order valence-electron chi connectivity index (χ1n) is 8.30. The van der Waals surface area contributed by atoms with Crippen LogP contribution in [0, 0.1) is 5.82 Å². The average Bonchev–Trinajstić information content (AvgIpc) is 3.20. The fourth-order valence-electron chi connectivity index (χ4n) is 3.09. The van der Waals surface area contributed by atoms with Crippen molar-refractivity contribution in [2.45, 2.75) is 24.9 Å². The molecule has 0 spiro atoms. The van der Waals surface area contributed by atoms with Crippen molar-refractivity contribution in [2.24, 2.45) is 0 Å². The standard InChI is InChI=1S/C18H21FN2O3S2/c1-18(8-10-26(23,24)12-18)20-11-16(22)21-17(15-3-2-9-25-15)13-4-6-14(19)7-5-13/h2-7,9,17,20H,8,10-12H2,1H3,(H,21,22). The topological polar surface area (TPSA) is 75.3 Å². The lowest BCUT2D eigenvalue weighted by Gasteiger charge is -2.25. The molecule has 1 fully saturated rings. The van der Waals surface area contributed by atoms with Gasteiger partial charge in [-0.1, -0.05) is 18.2 Å². The van der Waals surface area contributed by atoms with Crippen molar-refractivity contribution >= 4 is 27.1 Å². The number of hydrogen-bond acceptors (Lipinski definition) is 5. The molecule has 5 nitrogen and oxygen atoms in total. The molecule has 1 aliphatic rings. The first kappa shape index (κ1) is 19.0. The van der Waals surface area contributed by atoms with Gasteiger partial charge in [-0.05, 0) is 42.5 Å². The summed E-state index contributed by atoms with van der Waals surface area (Å²) in [5.41, 5.74) is 0.210. The van der Waals surface area contributed by atoms with E-state index in [2.05, 4.69) is 10.6 Å². The van der Waals surface area contributed by atoms with E-state index >= 15 is 0 Å². The molecule has 1 aliphatic heterocycles. The molecular formula is C18H21FN2O3S2. The van der Waals surface area contributed by atoms with Crippen molar-refractivity contribution in [1.82, 2.24) is 10.6 Å². The summed E-state index contributed by atoms with van der Waals surface area (Å²) in [6, 6.07) is 9.47. The summed E-state index contributed by atoms with van der Waals surface area (Å²) in [5, 5.41) is 7.95. The molecule has 0 radical (unpaired) electrons. The number of halogens is 1. The van der Waals surface area contributed by atoms with Crippen molar-refractivity contribution in [3.8, 4) is 0 Å². The van der Waals surface area contributed by atoms with Crippen molar-refractivity contribution < 1.29 is 17.6 Å². The van der Waals surface area contributed by atoms with Crippen LogP contribution in [0.25, 0.3) is 0 Å². The monoisotopic (exact) mass is 396 g/mol. The quantitative estimate of drug-likeness (QED) is 0.785. The number of hydrogen-bond donors (Lipinski definition) is 2. The van der Waals surface area contributed by atoms with Gasteiger partial charge in [-0.15, -0.1) is 11.3 Å². The van der Waals surface area contributed by atoms with E-state index < -0.39 is 15.4 Å². The van der Waals surface area contributed by atoms with E-state index in [1.165, 1.54) is 23.5 Å². The second-order valence-corrected chi connectivity index (χ2v) is 9.99. The number of rotatable bonds is 6. The van der Waals surface area contributed by atoms with E-state index in [4.69, 9.17) is 0 Å². The fourth-order valence-corrected chi connectivity index (χ4v) is 6.01. The van der Waals surface area contributed by atoms with Crippen LogP contribution in [0.1, 0.15) is 29.8 Å². The Morgan fingerprint density at radius 3 is 2.62 bits per heavy atom. The van der Waals surface area contributed by atoms with Crippen molar-refractivity contribution in [1.29, 1.82) is 0 Å². The molecule has 2 heterocycles. The van der Waals surface area contributed by atoms with Crippen molar-refractivity contribution in [3.63, 3.8) is 0 Å². The molecule has 2 aromatic rings. The van der Waals surface area contributed by atoms with Crippen LogP contribution in [0.15, 0.2) is 41.8 Å². The molecule has 2 unspecified atom stereocenters. The third kappa shape index (κ3) is 4.69. The van der Waals surface area contributed by atoms with E-state index in [0.717, 1.165) is 10.4 Å². The largest absolute Gasteiger partial charge is 0.343 e. The van der Waals surface area contributed by atoms with Gasteiger partial charge in [0.2, 0.25) is 5.91 Å². The average molecular weight is 397 g/mol. The molecular weight excluding hydrogens is 375 g/mol. The molecule has 2 atom stereocenters. The maximum atomic E-state index is 13.2. The predicted octanol–water partition coefficient (Wildman–Crippen LogP) is 2.26. The lowest BCUT2D eigenvalue weighted by atomic mass is 10.0. The lowest BCUT2D eigenvalue weighted by molar-refractivity contribution is -0.121. The van der Waals surface area contributed by atoms with Gasteiger partial charge in [0, 0.05) is 10.4 Å². The molecule has 2 N–H and O–H groups in total. The molecule has 8 heteroatoms. The summed E-state index contributed by atoms with van der Waals surface area (Å²) in [6.07, 6.45) is 0.495. The van der Waals surface area contributed by atoms with E-state index in [9.17, 15) is 17.6 Å². The highest BCUT2D eigenvalue weighted by atomic mass is 32.2. The highest BCUT2D eigenvalue weighted by Gasteiger charge is 2.38. The fraction of sp³-hybridized carbons (Fsp3) is 0.389. The molecule has 140 valence electrons. The molecule has 26 heavy (non-hydrogen) atoms. The second kappa shape index (κ2) is 7.46. The van der Waals surface area contributed by atoms with Gasteiger partial charge in [-0.3, -0.25) is 4.79 Å². The van der Waals surface area contributed by atoms with Crippen LogP contribution in [-0.4, -0.2) is 37.9 Å². The summed E-state index contributed by atoms with van der Waals surface area (Å²) in [6.45, 7) is 1.84. The maximum absolute atomic E-state index is 13.2. The SMILES string of the molecule is CC1(NCC(=O)NC(c2ccc(F)cc2)c2cccs2)CCS(=O)(=O)C1. The van der Waals surface area contributed by atoms with E-state index in [1.54, 1.807) is 12.1 Å². The first-order chi connectivity index (χ1) is 12.3. The zero-order valence-corrected chi connectivity index (χ0v) is 16.0. The third-order valence-corrected chi connectivity index (χ3v) is 7.36. The van der Waals surface area contributed by atoms with E-state index in [1.807, 2.05) is 24.4 Å². The predicted molar refractivity (Wildman–Crippen MR) is 100 cm³/mol. The Labute approximate surface area is 156 Å². The Hall–Kier alpha value is -1.77. The normalized spacial score (nSPS) is 22.8. The molecule has 0 saturated carbocycles. The van der Waals surface area contributed by atoms with Crippen LogP contribution in [0.5, 0.6) is 0 Å². The van der Waals surface area contributed by atoms with Gasteiger partial charge in [0.05, 0.1) is 24.1 Å². The van der Waals surface area contributed by atoms with Crippen molar-refractivity contribution in [3.05, 3.63) is 58.0 Å². The molecule has 0 bridgehead atoms. The highest BCUT2D eigenvalue weighted by molar-refractivity contribution is 7.91. The summed E-state index contributed by atoms with van der Waals surface area (Å²) in [4.78, 5) is 13.4. The van der Waals surface area contributed by atoms with Gasteiger partial charge >= 0.3 is 0 Å². The van der Waals surface area contributed by atoms with Gasteiger partial charge in [-0.2, -0.15) is 0 Å². The van der Waals surface area contributed by atoms with Gasteiger partial charge in [0.1, 0.15) is 5.82 Å². The molecule has 1 amide bonds. The van der Waals surface area contributed by atoms with Crippen LogP contribution in [0.4, 0.5) is 4.39 Å². The zero-order valence-electron chi connectivity index (χ0n) is 14.4. The number of benzene rings is 1. The Morgan fingerprint density at radius 1 is 1.31 bits per heavy atom.